The molecule has 0 bridgehead atoms. The molecule has 0 aliphatic carbocycles. The first-order chi connectivity index (χ1) is 17.2. The van der Waals surface area contributed by atoms with Gasteiger partial charge in [-0.15, -0.1) is 0 Å². The Morgan fingerprint density at radius 2 is 2.06 bits per heavy atom. The van der Waals surface area contributed by atoms with Gasteiger partial charge >= 0.3 is 0 Å². The third kappa shape index (κ3) is 5.42. The number of sulfonamides is 1. The molecule has 0 radical (unpaired) electrons. The molecule has 1 amide bonds. The van der Waals surface area contributed by atoms with Crippen LogP contribution in [0.4, 0.5) is 4.39 Å². The van der Waals surface area contributed by atoms with Crippen LogP contribution in [0, 0.1) is 5.82 Å². The summed E-state index contributed by atoms with van der Waals surface area (Å²) in [6, 6.07) is 5.87. The van der Waals surface area contributed by atoms with Gasteiger partial charge in [0.1, 0.15) is 16.4 Å². The maximum absolute atomic E-state index is 13.4. The van der Waals surface area contributed by atoms with Gasteiger partial charge in [0.2, 0.25) is 10.0 Å². The normalized spacial score (nSPS) is 16.5. The molecule has 3 aromatic rings. The summed E-state index contributed by atoms with van der Waals surface area (Å²) in [7, 11) is -1.11. The summed E-state index contributed by atoms with van der Waals surface area (Å²) >= 11 is 0. The number of hydroxylamine groups is 1. The van der Waals surface area contributed by atoms with Gasteiger partial charge in [-0.05, 0) is 42.5 Å². The summed E-state index contributed by atoms with van der Waals surface area (Å²) in [6.45, 7) is 0.444. The minimum absolute atomic E-state index is 0.0104. The number of hydrogen-bond donors (Lipinski definition) is 2. The highest BCUT2D eigenvalue weighted by Crippen LogP contribution is 2.32. The summed E-state index contributed by atoms with van der Waals surface area (Å²) in [5.74, 6) is -1.05. The molecular formula is C24H29FN4O6S. The van der Waals surface area contributed by atoms with Gasteiger partial charge in [-0.1, -0.05) is 12.1 Å². The number of carbonyl (C=O) groups excluding carboxylic acids is 1. The van der Waals surface area contributed by atoms with E-state index in [0.717, 1.165) is 22.7 Å². The quantitative estimate of drug-likeness (QED) is 0.415. The smallest absolute Gasteiger partial charge is 0.293 e. The van der Waals surface area contributed by atoms with Crippen LogP contribution in [0.1, 0.15) is 40.9 Å². The largest absolute Gasteiger partial charge is 0.396 e. The predicted molar refractivity (Wildman–Crippen MR) is 129 cm³/mol. The number of halogens is 1. The van der Waals surface area contributed by atoms with Crippen molar-refractivity contribution in [1.29, 1.82) is 0 Å². The van der Waals surface area contributed by atoms with E-state index in [1.807, 2.05) is 0 Å². The van der Waals surface area contributed by atoms with Gasteiger partial charge in [-0.2, -0.15) is 0 Å². The number of nitrogens with zero attached hydrogens (tertiary/aromatic N) is 3. The molecular weight excluding hydrogens is 491 g/mol. The number of ether oxygens (including phenoxy) is 1. The zero-order valence-electron chi connectivity index (χ0n) is 20.1. The number of aromatic nitrogens is 2. The van der Waals surface area contributed by atoms with Crippen molar-refractivity contribution in [3.8, 4) is 0 Å². The minimum Gasteiger partial charge on any atom is -0.396 e. The lowest BCUT2D eigenvalue weighted by Crippen LogP contribution is -2.34. The number of nitrogens with one attached hydrogen (secondary N) is 1. The maximum atomic E-state index is 13.4. The minimum atomic E-state index is -3.93. The number of hydrogen-bond acceptors (Lipinski definition) is 7. The molecule has 1 aromatic carbocycles. The third-order valence-electron chi connectivity index (χ3n) is 6.01. The number of aliphatic hydroxyl groups is 1. The van der Waals surface area contributed by atoms with Crippen molar-refractivity contribution in [2.24, 2.45) is 0 Å². The van der Waals surface area contributed by atoms with Crippen LogP contribution in [0.2, 0.25) is 0 Å². The molecule has 1 saturated heterocycles. The molecule has 2 aromatic heterocycles. The first kappa shape index (κ1) is 26.2. The van der Waals surface area contributed by atoms with E-state index in [1.165, 1.54) is 38.6 Å². The Kier molecular flexibility index (Phi) is 8.00. The van der Waals surface area contributed by atoms with E-state index in [-0.39, 0.29) is 46.9 Å². The zero-order chi connectivity index (χ0) is 25.9. The van der Waals surface area contributed by atoms with E-state index in [9.17, 15) is 22.7 Å². The standard InChI is InChI=1S/C24H29FN4O6S/c1-28(2)36(32,33)20-15-29(14-16-6-8-17(25)9-7-16)19-13-26-23(18(10-11-30)22(19)20)24(31)27-35-21-5-3-4-12-34-21/h6-9,13,15,21,30H,3-5,10-12,14H2,1-2H3,(H,27,31). The van der Waals surface area contributed by atoms with Crippen LogP contribution < -0.4 is 5.48 Å². The van der Waals surface area contributed by atoms with Gasteiger partial charge in [-0.25, -0.2) is 32.4 Å². The summed E-state index contributed by atoms with van der Waals surface area (Å²) in [4.78, 5) is 22.7. The number of carbonyl (C=O) groups is 1. The second-order valence-corrected chi connectivity index (χ2v) is 10.8. The average Bonchev–Trinajstić information content (AvgIpc) is 3.24. The molecule has 4 rings (SSSR count). The van der Waals surface area contributed by atoms with Crippen LogP contribution in [0.15, 0.2) is 41.6 Å². The molecule has 10 nitrogen and oxygen atoms in total. The van der Waals surface area contributed by atoms with Crippen LogP contribution in [-0.4, -0.2) is 66.9 Å². The highest BCUT2D eigenvalue weighted by atomic mass is 32.2. The molecule has 0 saturated carbocycles. The van der Waals surface area contributed by atoms with Crippen LogP contribution in [0.5, 0.6) is 0 Å². The van der Waals surface area contributed by atoms with E-state index in [1.54, 1.807) is 16.7 Å². The molecule has 1 fully saturated rings. The first-order valence-electron chi connectivity index (χ1n) is 11.6. The lowest BCUT2D eigenvalue weighted by Gasteiger charge is -2.22. The first-order valence-corrected chi connectivity index (χ1v) is 13.0. The Bertz CT molecular complexity index is 1330. The van der Waals surface area contributed by atoms with Gasteiger partial charge < -0.3 is 14.4 Å². The molecule has 3 heterocycles. The van der Waals surface area contributed by atoms with Crippen molar-refractivity contribution in [2.75, 3.05) is 27.3 Å². The molecule has 1 atom stereocenters. The molecule has 2 N–H and O–H groups in total. The van der Waals surface area contributed by atoms with Crippen LogP contribution >= 0.6 is 0 Å². The van der Waals surface area contributed by atoms with E-state index in [2.05, 4.69) is 10.5 Å². The van der Waals surface area contributed by atoms with Crippen LogP contribution in [0.3, 0.4) is 0 Å². The number of pyridine rings is 1. The van der Waals surface area contributed by atoms with Crippen molar-refractivity contribution in [1.82, 2.24) is 19.3 Å². The van der Waals surface area contributed by atoms with Crippen LogP contribution in [-0.2, 0) is 32.6 Å². The molecule has 36 heavy (non-hydrogen) atoms. The lowest BCUT2D eigenvalue weighted by atomic mass is 10.1. The number of rotatable bonds is 9. The SMILES string of the molecule is CN(C)S(=O)(=O)c1cn(Cc2ccc(F)cc2)c2cnc(C(=O)NOC3CCCCO3)c(CCO)c12. The van der Waals surface area contributed by atoms with E-state index < -0.39 is 22.2 Å². The Morgan fingerprint density at radius 3 is 2.69 bits per heavy atom. The number of aliphatic hydroxyl groups excluding tert-OH is 1. The molecule has 0 spiro atoms. The fourth-order valence-corrected chi connectivity index (χ4v) is 5.28. The third-order valence-corrected chi connectivity index (χ3v) is 7.84. The number of amides is 1. The van der Waals surface area contributed by atoms with Gasteiger partial charge in [0.15, 0.2) is 6.29 Å². The van der Waals surface area contributed by atoms with E-state index in [0.29, 0.717) is 18.5 Å². The Balaban J connectivity index is 1.80. The number of fused-ring (bicyclic) bond motifs is 1. The van der Waals surface area contributed by atoms with Crippen molar-refractivity contribution in [2.45, 2.75) is 43.4 Å². The molecule has 12 heteroatoms. The highest BCUT2D eigenvalue weighted by molar-refractivity contribution is 7.89. The van der Waals surface area contributed by atoms with Gasteiger partial charge in [0.25, 0.3) is 5.91 Å². The Morgan fingerprint density at radius 1 is 1.31 bits per heavy atom. The molecule has 1 aliphatic rings. The molecule has 1 unspecified atom stereocenters. The Labute approximate surface area is 208 Å². The number of benzene rings is 1. The van der Waals surface area contributed by atoms with Gasteiger partial charge in [-0.3, -0.25) is 4.79 Å². The zero-order valence-corrected chi connectivity index (χ0v) is 20.9. The second kappa shape index (κ2) is 11.0. The van der Waals surface area contributed by atoms with Crippen LogP contribution in [0.25, 0.3) is 10.9 Å². The summed E-state index contributed by atoms with van der Waals surface area (Å²) < 4.78 is 48.1. The van der Waals surface area contributed by atoms with E-state index >= 15 is 0 Å². The maximum Gasteiger partial charge on any atom is 0.293 e. The monoisotopic (exact) mass is 520 g/mol. The van der Waals surface area contributed by atoms with Gasteiger partial charge in [0.05, 0.1) is 11.7 Å². The van der Waals surface area contributed by atoms with Crippen molar-refractivity contribution < 1.29 is 32.3 Å². The summed E-state index contributed by atoms with van der Waals surface area (Å²) in [5.41, 5.74) is 3.78. The second-order valence-electron chi connectivity index (χ2n) is 8.70. The highest BCUT2D eigenvalue weighted by Gasteiger charge is 2.29. The fourth-order valence-electron chi connectivity index (χ4n) is 4.14. The average molecular weight is 521 g/mol. The Hall–Kier alpha value is -2.90. The predicted octanol–water partition coefficient (Wildman–Crippen LogP) is 2.20. The van der Waals surface area contributed by atoms with E-state index in [4.69, 9.17) is 9.57 Å². The molecule has 1 aliphatic heterocycles. The molecule has 194 valence electrons. The lowest BCUT2D eigenvalue weighted by molar-refractivity contribution is -0.186. The topological polar surface area (TPSA) is 123 Å². The van der Waals surface area contributed by atoms with Gasteiger partial charge in [0, 0.05) is 51.9 Å². The van der Waals surface area contributed by atoms with Crippen molar-refractivity contribution >= 4 is 26.8 Å². The van der Waals surface area contributed by atoms with Crippen molar-refractivity contribution in [3.63, 3.8) is 0 Å². The fraction of sp³-hybridized carbons (Fsp3) is 0.417. The summed E-state index contributed by atoms with van der Waals surface area (Å²) in [6.07, 6.45) is 4.77. The summed E-state index contributed by atoms with van der Waals surface area (Å²) in [5, 5.41) is 10.1. The van der Waals surface area contributed by atoms with Crippen molar-refractivity contribution in [3.05, 3.63) is 59.3 Å².